The first kappa shape index (κ1) is 21.1. The molecule has 0 spiro atoms. The minimum Gasteiger partial charge on any atom is -0.355 e. The van der Waals surface area contributed by atoms with Crippen molar-refractivity contribution in [2.24, 2.45) is 5.92 Å². The van der Waals surface area contributed by atoms with Gasteiger partial charge in [-0.25, -0.2) is 0 Å². The van der Waals surface area contributed by atoms with Gasteiger partial charge in [0.2, 0.25) is 5.91 Å². The van der Waals surface area contributed by atoms with Crippen molar-refractivity contribution in [3.63, 3.8) is 0 Å². The molecule has 0 radical (unpaired) electrons. The quantitative estimate of drug-likeness (QED) is 0.677. The number of benzene rings is 2. The highest BCUT2D eigenvalue weighted by Gasteiger charge is 2.24. The summed E-state index contributed by atoms with van der Waals surface area (Å²) in [6, 6.07) is 17.6. The van der Waals surface area contributed by atoms with Gasteiger partial charge >= 0.3 is 0 Å². The smallest absolute Gasteiger partial charge is 0.238 e. The summed E-state index contributed by atoms with van der Waals surface area (Å²) in [6.45, 7) is 2.78. The molecule has 3 nitrogen and oxygen atoms in total. The zero-order chi connectivity index (χ0) is 17.5. The molecule has 0 aliphatic carbocycles. The van der Waals surface area contributed by atoms with Crippen molar-refractivity contribution >= 4 is 41.7 Å². The minimum absolute atomic E-state index is 0. The third-order valence-corrected chi connectivity index (χ3v) is 6.16. The summed E-state index contributed by atoms with van der Waals surface area (Å²) in [6.07, 6.45) is 2.35. The largest absolute Gasteiger partial charge is 0.355 e. The van der Waals surface area contributed by atoms with Gasteiger partial charge in [0.1, 0.15) is 5.25 Å². The molecule has 0 saturated carbocycles. The van der Waals surface area contributed by atoms with Crippen molar-refractivity contribution in [3.8, 4) is 0 Å². The molecule has 6 heteroatoms. The molecule has 1 aliphatic rings. The third kappa shape index (κ3) is 5.92. The molecule has 1 aliphatic heterocycles. The average Bonchev–Trinajstić information content (AvgIpc) is 2.67. The molecule has 1 amide bonds. The molecule has 1 heterocycles. The maximum absolute atomic E-state index is 12.9. The molecule has 2 N–H and O–H groups in total. The highest BCUT2D eigenvalue weighted by molar-refractivity contribution is 8.00. The van der Waals surface area contributed by atoms with Gasteiger partial charge < -0.3 is 10.6 Å². The van der Waals surface area contributed by atoms with Crippen molar-refractivity contribution in [2.45, 2.75) is 23.0 Å². The predicted octanol–water partition coefficient (Wildman–Crippen LogP) is 4.71. The first-order chi connectivity index (χ1) is 12.2. The van der Waals surface area contributed by atoms with E-state index < -0.39 is 0 Å². The Labute approximate surface area is 170 Å². The van der Waals surface area contributed by atoms with E-state index in [9.17, 15) is 4.79 Å². The molecule has 140 valence electrons. The Balaban J connectivity index is 0.00000243. The number of amides is 1. The van der Waals surface area contributed by atoms with Crippen LogP contribution in [-0.2, 0) is 4.79 Å². The van der Waals surface area contributed by atoms with E-state index in [2.05, 4.69) is 10.6 Å². The Morgan fingerprint density at radius 1 is 1.19 bits per heavy atom. The molecule has 2 aromatic carbocycles. The standard InChI is InChI=1S/C20H23ClN2OS.ClH/c21-17-10-4-5-11-18(17)25-19(16-8-2-1-3-9-16)20(24)23-14-15-7-6-12-22-13-15;/h1-5,8-11,15,19,22H,6-7,12-14H2,(H,23,24);1H. The fourth-order valence-electron chi connectivity index (χ4n) is 3.00. The van der Waals surface area contributed by atoms with Crippen molar-refractivity contribution in [3.05, 3.63) is 65.2 Å². The Morgan fingerprint density at radius 3 is 2.62 bits per heavy atom. The number of hydrogen-bond donors (Lipinski definition) is 2. The molecule has 3 rings (SSSR count). The van der Waals surface area contributed by atoms with E-state index >= 15 is 0 Å². The van der Waals surface area contributed by atoms with Crippen molar-refractivity contribution in [2.75, 3.05) is 19.6 Å². The number of hydrogen-bond acceptors (Lipinski definition) is 3. The van der Waals surface area contributed by atoms with Crippen LogP contribution in [0.5, 0.6) is 0 Å². The van der Waals surface area contributed by atoms with Gasteiger partial charge in [-0.3, -0.25) is 4.79 Å². The summed E-state index contributed by atoms with van der Waals surface area (Å²) < 4.78 is 0. The molecule has 1 saturated heterocycles. The molecule has 2 aromatic rings. The van der Waals surface area contributed by atoms with Crippen molar-refractivity contribution in [1.82, 2.24) is 10.6 Å². The number of halogens is 2. The Hall–Kier alpha value is -1.20. The number of rotatable bonds is 6. The molecule has 2 unspecified atom stereocenters. The molecule has 1 fully saturated rings. The molecular formula is C20H24Cl2N2OS. The maximum Gasteiger partial charge on any atom is 0.238 e. The normalized spacial score (nSPS) is 17.8. The summed E-state index contributed by atoms with van der Waals surface area (Å²) in [7, 11) is 0. The Morgan fingerprint density at radius 2 is 1.92 bits per heavy atom. The highest BCUT2D eigenvalue weighted by atomic mass is 35.5. The topological polar surface area (TPSA) is 41.1 Å². The van der Waals surface area contributed by atoms with Crippen molar-refractivity contribution in [1.29, 1.82) is 0 Å². The number of thioether (sulfide) groups is 1. The van der Waals surface area contributed by atoms with Gasteiger partial charge in [0.05, 0.1) is 5.02 Å². The maximum atomic E-state index is 12.9. The van der Waals surface area contributed by atoms with Gasteiger partial charge in [-0.2, -0.15) is 0 Å². The summed E-state index contributed by atoms with van der Waals surface area (Å²) in [5.74, 6) is 0.557. The van der Waals surface area contributed by atoms with E-state index in [0.29, 0.717) is 10.9 Å². The third-order valence-electron chi connectivity index (χ3n) is 4.39. The van der Waals surface area contributed by atoms with Crippen LogP contribution in [0.15, 0.2) is 59.5 Å². The Kier molecular flexibility index (Phi) is 8.79. The van der Waals surface area contributed by atoms with Crippen LogP contribution in [0.4, 0.5) is 0 Å². The zero-order valence-electron chi connectivity index (χ0n) is 14.5. The second-order valence-electron chi connectivity index (χ2n) is 6.30. The average molecular weight is 411 g/mol. The van der Waals surface area contributed by atoms with E-state index in [0.717, 1.165) is 30.1 Å². The summed E-state index contributed by atoms with van der Waals surface area (Å²) >= 11 is 7.80. The monoisotopic (exact) mass is 410 g/mol. The molecule has 0 aromatic heterocycles. The van der Waals surface area contributed by atoms with Gasteiger partial charge in [-0.1, -0.05) is 54.1 Å². The highest BCUT2D eigenvalue weighted by Crippen LogP contribution is 2.38. The van der Waals surface area contributed by atoms with Crippen LogP contribution in [0.25, 0.3) is 0 Å². The summed E-state index contributed by atoms with van der Waals surface area (Å²) in [4.78, 5) is 13.8. The van der Waals surface area contributed by atoms with E-state index in [-0.39, 0.29) is 23.6 Å². The number of piperidine rings is 1. The predicted molar refractivity (Wildman–Crippen MR) is 112 cm³/mol. The molecule has 0 bridgehead atoms. The number of carbonyl (C=O) groups is 1. The van der Waals surface area contributed by atoms with Crippen LogP contribution in [0.3, 0.4) is 0 Å². The van der Waals surface area contributed by atoms with Crippen LogP contribution < -0.4 is 10.6 Å². The Bertz CT molecular complexity index is 693. The lowest BCUT2D eigenvalue weighted by Gasteiger charge is -2.24. The fourth-order valence-corrected chi connectivity index (χ4v) is 4.35. The van der Waals surface area contributed by atoms with E-state index in [1.165, 1.54) is 24.6 Å². The van der Waals surface area contributed by atoms with Crippen LogP contribution in [0.2, 0.25) is 5.02 Å². The van der Waals surface area contributed by atoms with Crippen LogP contribution in [0, 0.1) is 5.92 Å². The number of nitrogens with one attached hydrogen (secondary N) is 2. The summed E-state index contributed by atoms with van der Waals surface area (Å²) in [5.41, 5.74) is 0.992. The molecule has 2 atom stereocenters. The zero-order valence-corrected chi connectivity index (χ0v) is 16.9. The summed E-state index contributed by atoms with van der Waals surface area (Å²) in [5, 5.41) is 6.91. The lowest BCUT2D eigenvalue weighted by molar-refractivity contribution is -0.120. The SMILES string of the molecule is Cl.O=C(NCC1CCCNC1)C(Sc1ccccc1Cl)c1ccccc1. The van der Waals surface area contributed by atoms with Crippen LogP contribution in [-0.4, -0.2) is 25.5 Å². The van der Waals surface area contributed by atoms with E-state index in [4.69, 9.17) is 11.6 Å². The van der Waals surface area contributed by atoms with E-state index in [1.54, 1.807) is 0 Å². The second kappa shape index (κ2) is 10.8. The molecule has 26 heavy (non-hydrogen) atoms. The van der Waals surface area contributed by atoms with Gasteiger partial charge in [0.15, 0.2) is 0 Å². The second-order valence-corrected chi connectivity index (χ2v) is 7.85. The minimum atomic E-state index is -0.308. The lowest BCUT2D eigenvalue weighted by atomic mass is 9.99. The van der Waals surface area contributed by atoms with E-state index in [1.807, 2.05) is 54.6 Å². The van der Waals surface area contributed by atoms with Crippen LogP contribution >= 0.6 is 35.8 Å². The van der Waals surface area contributed by atoms with Crippen molar-refractivity contribution < 1.29 is 4.79 Å². The fraction of sp³-hybridized carbons (Fsp3) is 0.350. The van der Waals surface area contributed by atoms with Crippen LogP contribution in [0.1, 0.15) is 23.7 Å². The first-order valence-electron chi connectivity index (χ1n) is 8.68. The number of carbonyl (C=O) groups excluding carboxylic acids is 1. The van der Waals surface area contributed by atoms with Gasteiger partial charge in [0, 0.05) is 11.4 Å². The van der Waals surface area contributed by atoms with Gasteiger partial charge in [-0.15, -0.1) is 24.2 Å². The van der Waals surface area contributed by atoms with Gasteiger partial charge in [-0.05, 0) is 49.5 Å². The first-order valence-corrected chi connectivity index (χ1v) is 9.94. The van der Waals surface area contributed by atoms with Gasteiger partial charge in [0.25, 0.3) is 0 Å². The molecular weight excluding hydrogens is 387 g/mol. The lowest BCUT2D eigenvalue weighted by Crippen LogP contribution is -2.39.